The molecule has 0 unspecified atom stereocenters. The molecule has 2 N–H and O–H groups in total. The van der Waals surface area contributed by atoms with Crippen molar-refractivity contribution in [3.05, 3.63) is 16.3 Å². The lowest BCUT2D eigenvalue weighted by Gasteiger charge is -2.25. The first-order valence-electron chi connectivity index (χ1n) is 6.69. The topological polar surface area (TPSA) is 66.6 Å². The van der Waals surface area contributed by atoms with Crippen LogP contribution in [0.4, 0.5) is 0 Å². The fourth-order valence-corrected chi connectivity index (χ4v) is 4.52. The average molecular weight is 319 g/mol. The Morgan fingerprint density at radius 3 is 2.40 bits per heavy atom. The molecule has 0 fully saturated rings. The molecule has 0 atom stereocenters. The van der Waals surface area contributed by atoms with Crippen LogP contribution in [0.25, 0.3) is 0 Å². The quantitative estimate of drug-likeness (QED) is 0.787. The highest BCUT2D eigenvalue weighted by molar-refractivity contribution is 7.89. The molecule has 0 aliphatic heterocycles. The number of sulfonamides is 1. The third-order valence-corrected chi connectivity index (χ3v) is 5.79. The van der Waals surface area contributed by atoms with E-state index in [1.807, 2.05) is 32.8 Å². The van der Waals surface area contributed by atoms with Gasteiger partial charge in [0.1, 0.15) is 0 Å². The number of hydrogen-bond donors (Lipinski definition) is 1. The van der Waals surface area contributed by atoms with Crippen molar-refractivity contribution in [3.63, 3.8) is 0 Å². The molecule has 0 aliphatic rings. The van der Waals surface area contributed by atoms with E-state index in [4.69, 9.17) is 5.73 Å². The van der Waals surface area contributed by atoms with Gasteiger partial charge in [0, 0.05) is 36.4 Å². The number of likely N-dealkylation sites (N-methyl/N-ethyl adjacent to an activating group) is 1. The van der Waals surface area contributed by atoms with Gasteiger partial charge < -0.3 is 10.6 Å². The summed E-state index contributed by atoms with van der Waals surface area (Å²) < 4.78 is 26.9. The van der Waals surface area contributed by atoms with Gasteiger partial charge in [-0.05, 0) is 26.1 Å². The monoisotopic (exact) mass is 319 g/mol. The first kappa shape index (κ1) is 17.6. The van der Waals surface area contributed by atoms with E-state index in [0.29, 0.717) is 37.0 Å². The van der Waals surface area contributed by atoms with Gasteiger partial charge in [-0.2, -0.15) is 4.31 Å². The molecule has 0 aliphatic carbocycles. The van der Waals surface area contributed by atoms with Crippen molar-refractivity contribution in [1.29, 1.82) is 0 Å². The van der Waals surface area contributed by atoms with Gasteiger partial charge in [-0.1, -0.05) is 13.8 Å². The largest absolute Gasteiger partial charge is 0.326 e. The van der Waals surface area contributed by atoms with Crippen molar-refractivity contribution in [2.24, 2.45) is 11.7 Å². The van der Waals surface area contributed by atoms with E-state index in [-0.39, 0.29) is 0 Å². The molecular formula is C13H25N3O2S2. The molecule has 7 heteroatoms. The van der Waals surface area contributed by atoms with E-state index in [0.717, 1.165) is 4.88 Å². The Hall–Kier alpha value is -0.470. The van der Waals surface area contributed by atoms with E-state index in [2.05, 4.69) is 0 Å². The van der Waals surface area contributed by atoms with Crippen LogP contribution in [0.2, 0.25) is 0 Å². The number of rotatable bonds is 8. The maximum absolute atomic E-state index is 12.7. The predicted molar refractivity (Wildman–Crippen MR) is 84.4 cm³/mol. The number of thiophene rings is 1. The van der Waals surface area contributed by atoms with Gasteiger partial charge in [0.15, 0.2) is 0 Å². The van der Waals surface area contributed by atoms with Crippen LogP contribution in [0.5, 0.6) is 0 Å². The fourth-order valence-electron chi connectivity index (χ4n) is 1.78. The van der Waals surface area contributed by atoms with Crippen molar-refractivity contribution >= 4 is 21.4 Å². The maximum Gasteiger partial charge on any atom is 0.243 e. The van der Waals surface area contributed by atoms with E-state index in [9.17, 15) is 8.42 Å². The Kier molecular flexibility index (Phi) is 6.60. The number of hydrogen-bond acceptors (Lipinski definition) is 5. The van der Waals surface area contributed by atoms with E-state index >= 15 is 0 Å². The van der Waals surface area contributed by atoms with E-state index in [1.165, 1.54) is 11.3 Å². The molecule has 1 aromatic heterocycles. The second-order valence-corrected chi connectivity index (χ2v) is 8.45. The van der Waals surface area contributed by atoms with Gasteiger partial charge in [0.25, 0.3) is 0 Å². The average Bonchev–Trinajstić information content (AvgIpc) is 2.83. The fraction of sp³-hybridized carbons (Fsp3) is 0.692. The summed E-state index contributed by atoms with van der Waals surface area (Å²) in [6, 6.07) is 1.68. The van der Waals surface area contributed by atoms with Crippen LogP contribution in [0.3, 0.4) is 0 Å². The van der Waals surface area contributed by atoms with Crippen LogP contribution in [-0.2, 0) is 16.6 Å². The second-order valence-electron chi connectivity index (χ2n) is 5.51. The van der Waals surface area contributed by atoms with Crippen LogP contribution in [0, 0.1) is 5.92 Å². The highest BCUT2D eigenvalue weighted by atomic mass is 32.2. The molecule has 0 saturated carbocycles. The van der Waals surface area contributed by atoms with Gasteiger partial charge in [-0.3, -0.25) is 0 Å². The lowest BCUT2D eigenvalue weighted by molar-refractivity contribution is 0.313. The first-order chi connectivity index (χ1) is 9.27. The zero-order valence-electron chi connectivity index (χ0n) is 12.7. The molecular weight excluding hydrogens is 294 g/mol. The van der Waals surface area contributed by atoms with Crippen molar-refractivity contribution in [3.8, 4) is 0 Å². The summed E-state index contributed by atoms with van der Waals surface area (Å²) in [5.74, 6) is 0.291. The minimum atomic E-state index is -3.42. The maximum atomic E-state index is 12.7. The summed E-state index contributed by atoms with van der Waals surface area (Å²) in [4.78, 5) is 3.24. The molecule has 5 nitrogen and oxygen atoms in total. The Balaban J connectivity index is 2.96. The van der Waals surface area contributed by atoms with E-state index < -0.39 is 10.0 Å². The number of nitrogens with two attached hydrogens (primary N) is 1. The summed E-state index contributed by atoms with van der Waals surface area (Å²) in [5.41, 5.74) is 5.56. The second kappa shape index (κ2) is 7.51. The lowest BCUT2D eigenvalue weighted by Crippen LogP contribution is -2.38. The lowest BCUT2D eigenvalue weighted by atomic mass is 10.2. The SMILES string of the molecule is CC(C)CN(CCN(C)C)S(=O)(=O)c1csc(CN)c1. The molecule has 0 radical (unpaired) electrons. The Labute approximate surface area is 126 Å². The van der Waals surface area contributed by atoms with Crippen LogP contribution in [0.15, 0.2) is 16.3 Å². The molecule has 0 aromatic carbocycles. The zero-order chi connectivity index (χ0) is 15.3. The van der Waals surface area contributed by atoms with Gasteiger partial charge in [-0.25, -0.2) is 8.42 Å². The summed E-state index contributed by atoms with van der Waals surface area (Å²) >= 11 is 1.40. The first-order valence-corrected chi connectivity index (χ1v) is 9.01. The molecule has 0 bridgehead atoms. The molecule has 20 heavy (non-hydrogen) atoms. The van der Waals surface area contributed by atoms with Crippen molar-refractivity contribution in [1.82, 2.24) is 9.21 Å². The predicted octanol–water partition coefficient (Wildman–Crippen LogP) is 1.42. The van der Waals surface area contributed by atoms with Crippen molar-refractivity contribution in [2.45, 2.75) is 25.3 Å². The molecule has 0 amide bonds. The van der Waals surface area contributed by atoms with Crippen LogP contribution >= 0.6 is 11.3 Å². The standard InChI is InChI=1S/C13H25N3O2S2/c1-11(2)9-16(6-5-15(3)4)20(17,18)13-7-12(8-14)19-10-13/h7,10-11H,5-6,8-9,14H2,1-4H3. The minimum absolute atomic E-state index is 0.291. The van der Waals surface area contributed by atoms with Gasteiger partial charge in [0.2, 0.25) is 10.0 Å². The van der Waals surface area contributed by atoms with Crippen molar-refractivity contribution < 1.29 is 8.42 Å². The summed E-state index contributed by atoms with van der Waals surface area (Å²) in [7, 11) is 0.464. The molecule has 0 saturated heterocycles. The van der Waals surface area contributed by atoms with Crippen LogP contribution in [0.1, 0.15) is 18.7 Å². The summed E-state index contributed by atoms with van der Waals surface area (Å²) in [5, 5.41) is 1.68. The van der Waals surface area contributed by atoms with E-state index in [1.54, 1.807) is 15.8 Å². The smallest absolute Gasteiger partial charge is 0.243 e. The Bertz CT molecular complexity index is 509. The number of nitrogens with zero attached hydrogens (tertiary/aromatic N) is 2. The molecule has 1 rings (SSSR count). The van der Waals surface area contributed by atoms with Gasteiger partial charge >= 0.3 is 0 Å². The normalized spacial score (nSPS) is 12.8. The highest BCUT2D eigenvalue weighted by Gasteiger charge is 2.26. The zero-order valence-corrected chi connectivity index (χ0v) is 14.3. The van der Waals surface area contributed by atoms with Crippen molar-refractivity contribution in [2.75, 3.05) is 33.7 Å². The molecule has 116 valence electrons. The van der Waals surface area contributed by atoms with Gasteiger partial charge in [-0.15, -0.1) is 11.3 Å². The summed E-state index contributed by atoms with van der Waals surface area (Å²) in [6.45, 7) is 6.17. The third kappa shape index (κ3) is 4.82. The van der Waals surface area contributed by atoms with Gasteiger partial charge in [0.05, 0.1) is 4.90 Å². The summed E-state index contributed by atoms with van der Waals surface area (Å²) in [6.07, 6.45) is 0. The minimum Gasteiger partial charge on any atom is -0.326 e. The third-order valence-electron chi connectivity index (χ3n) is 2.83. The Morgan fingerprint density at radius 1 is 1.30 bits per heavy atom. The molecule has 1 aromatic rings. The van der Waals surface area contributed by atoms with Crippen LogP contribution < -0.4 is 5.73 Å². The molecule has 1 heterocycles. The van der Waals surface area contributed by atoms with Crippen LogP contribution in [-0.4, -0.2) is 51.4 Å². The Morgan fingerprint density at radius 2 is 1.95 bits per heavy atom. The molecule has 0 spiro atoms. The highest BCUT2D eigenvalue weighted by Crippen LogP contribution is 2.23.